The van der Waals surface area contributed by atoms with Crippen molar-refractivity contribution in [1.29, 1.82) is 0 Å². The van der Waals surface area contributed by atoms with Gasteiger partial charge in [0.15, 0.2) is 12.2 Å². The molecule has 0 bridgehead atoms. The summed E-state index contributed by atoms with van der Waals surface area (Å²) >= 11 is 0. The van der Waals surface area contributed by atoms with Crippen LogP contribution in [0, 0.1) is 0 Å². The third-order valence-electron chi connectivity index (χ3n) is 2.86. The van der Waals surface area contributed by atoms with Crippen molar-refractivity contribution in [3.8, 4) is 5.75 Å². The van der Waals surface area contributed by atoms with Crippen molar-refractivity contribution in [2.45, 2.75) is 12.2 Å². The second-order valence-corrected chi connectivity index (χ2v) is 4.23. The monoisotopic (exact) mass is 272 g/mol. The molecule has 20 heavy (non-hydrogen) atoms. The van der Waals surface area contributed by atoms with Gasteiger partial charge in [0.2, 0.25) is 0 Å². The van der Waals surface area contributed by atoms with Crippen LogP contribution < -0.4 is 4.74 Å². The van der Waals surface area contributed by atoms with E-state index in [1.165, 1.54) is 7.11 Å². The second-order valence-electron chi connectivity index (χ2n) is 4.23. The Hall–Kier alpha value is -2.33. The molecule has 0 amide bonds. The molecule has 1 N–H and O–H groups in total. The Morgan fingerprint density at radius 1 is 1.00 bits per heavy atom. The lowest BCUT2D eigenvalue weighted by Gasteiger charge is -2.23. The molecule has 4 heteroatoms. The molecule has 2 rings (SSSR count). The van der Waals surface area contributed by atoms with Gasteiger partial charge in [-0.3, -0.25) is 0 Å². The van der Waals surface area contributed by atoms with Gasteiger partial charge in [-0.25, -0.2) is 4.79 Å². The Labute approximate surface area is 117 Å². The Morgan fingerprint density at radius 2 is 1.55 bits per heavy atom. The first-order chi connectivity index (χ1) is 9.72. The molecule has 0 aliphatic rings. The van der Waals surface area contributed by atoms with E-state index in [4.69, 9.17) is 4.74 Å². The number of hydrogen-bond acceptors (Lipinski definition) is 4. The summed E-state index contributed by atoms with van der Waals surface area (Å²) in [4.78, 5) is 11.6. The fourth-order valence-electron chi connectivity index (χ4n) is 1.85. The van der Waals surface area contributed by atoms with Gasteiger partial charge in [0.25, 0.3) is 0 Å². The van der Waals surface area contributed by atoms with Crippen LogP contribution in [0.25, 0.3) is 0 Å². The molecule has 0 radical (unpaired) electrons. The van der Waals surface area contributed by atoms with Crippen molar-refractivity contribution in [2.24, 2.45) is 0 Å². The number of rotatable bonds is 5. The van der Waals surface area contributed by atoms with Gasteiger partial charge in [0.1, 0.15) is 5.75 Å². The molecule has 0 saturated heterocycles. The Kier molecular flexibility index (Phi) is 4.74. The maximum Gasteiger partial charge on any atom is 0.339 e. The number of para-hydroxylation sites is 1. The van der Waals surface area contributed by atoms with Gasteiger partial charge in [0.05, 0.1) is 7.11 Å². The first-order valence-electron chi connectivity index (χ1n) is 6.25. The summed E-state index contributed by atoms with van der Waals surface area (Å²) in [7, 11) is 1.23. The largest absolute Gasteiger partial charge is 0.482 e. The van der Waals surface area contributed by atoms with E-state index < -0.39 is 18.2 Å². The average molecular weight is 272 g/mol. The van der Waals surface area contributed by atoms with Crippen LogP contribution in [0.15, 0.2) is 60.7 Å². The molecule has 2 aromatic rings. The number of aliphatic hydroxyl groups is 1. The Bertz CT molecular complexity index is 539. The predicted molar refractivity (Wildman–Crippen MR) is 74.3 cm³/mol. The minimum Gasteiger partial charge on any atom is -0.482 e. The summed E-state index contributed by atoms with van der Waals surface area (Å²) in [6.45, 7) is 0. The number of esters is 1. The molecule has 0 aliphatic heterocycles. The normalized spacial score (nSPS) is 13.3. The molecule has 104 valence electrons. The van der Waals surface area contributed by atoms with E-state index in [0.29, 0.717) is 11.3 Å². The van der Waals surface area contributed by atoms with Gasteiger partial charge in [-0.2, -0.15) is 0 Å². The lowest BCUT2D eigenvalue weighted by Crippen LogP contribution is -2.32. The van der Waals surface area contributed by atoms with Gasteiger partial charge in [0, 0.05) is 0 Å². The summed E-state index contributed by atoms with van der Waals surface area (Å²) in [6, 6.07) is 18.1. The second kappa shape index (κ2) is 6.73. The zero-order valence-corrected chi connectivity index (χ0v) is 11.1. The number of aliphatic hydroxyl groups excluding tert-OH is 1. The summed E-state index contributed by atoms with van der Waals surface area (Å²) in [5.41, 5.74) is 0.703. The zero-order chi connectivity index (χ0) is 14.4. The quantitative estimate of drug-likeness (QED) is 0.849. The van der Waals surface area contributed by atoms with E-state index in [0.717, 1.165) is 0 Å². The average Bonchev–Trinajstić information content (AvgIpc) is 2.53. The molecule has 0 aliphatic carbocycles. The molecule has 0 unspecified atom stereocenters. The third-order valence-corrected chi connectivity index (χ3v) is 2.86. The van der Waals surface area contributed by atoms with Crippen molar-refractivity contribution >= 4 is 5.97 Å². The van der Waals surface area contributed by atoms with Crippen LogP contribution in [-0.2, 0) is 9.53 Å². The SMILES string of the molecule is COC(=O)[C@H](O)[C@@H](Oc1ccccc1)c1ccccc1. The van der Waals surface area contributed by atoms with Gasteiger partial charge in [-0.15, -0.1) is 0 Å². The smallest absolute Gasteiger partial charge is 0.339 e. The molecule has 0 spiro atoms. The fourth-order valence-corrected chi connectivity index (χ4v) is 1.85. The topological polar surface area (TPSA) is 55.8 Å². The highest BCUT2D eigenvalue weighted by Gasteiger charge is 2.30. The fraction of sp³-hybridized carbons (Fsp3) is 0.188. The number of methoxy groups -OCH3 is 1. The Balaban J connectivity index is 2.27. The predicted octanol–water partition coefficient (Wildman–Crippen LogP) is 2.34. The molecule has 0 fully saturated rings. The number of hydrogen-bond donors (Lipinski definition) is 1. The van der Waals surface area contributed by atoms with E-state index in [9.17, 15) is 9.90 Å². The summed E-state index contributed by atoms with van der Waals surface area (Å²) in [5, 5.41) is 10.1. The molecule has 0 heterocycles. The summed E-state index contributed by atoms with van der Waals surface area (Å²) in [5.74, 6) is -0.154. The van der Waals surface area contributed by atoms with Gasteiger partial charge in [-0.05, 0) is 17.7 Å². The number of carbonyl (C=O) groups excluding carboxylic acids is 1. The molecular weight excluding hydrogens is 256 g/mol. The van der Waals surface area contributed by atoms with Crippen LogP contribution in [0.1, 0.15) is 11.7 Å². The highest BCUT2D eigenvalue weighted by molar-refractivity contribution is 5.75. The number of ether oxygens (including phenoxy) is 2. The minimum atomic E-state index is -1.39. The molecule has 0 aromatic heterocycles. The van der Waals surface area contributed by atoms with E-state index in [2.05, 4.69) is 4.74 Å². The molecule has 2 atom stereocenters. The van der Waals surface area contributed by atoms with Crippen LogP contribution >= 0.6 is 0 Å². The van der Waals surface area contributed by atoms with Crippen LogP contribution in [0.3, 0.4) is 0 Å². The van der Waals surface area contributed by atoms with Crippen LogP contribution in [0.2, 0.25) is 0 Å². The standard InChI is InChI=1S/C16H16O4/c1-19-16(18)14(17)15(12-8-4-2-5-9-12)20-13-10-6-3-7-11-13/h2-11,14-15,17H,1H3/t14-,15+/m1/s1. The van der Waals surface area contributed by atoms with Crippen LogP contribution in [0.5, 0.6) is 5.75 Å². The maximum absolute atomic E-state index is 11.6. The van der Waals surface area contributed by atoms with Gasteiger partial charge >= 0.3 is 5.97 Å². The van der Waals surface area contributed by atoms with Crippen LogP contribution in [-0.4, -0.2) is 24.3 Å². The number of carbonyl (C=O) groups is 1. The van der Waals surface area contributed by atoms with Gasteiger partial charge < -0.3 is 14.6 Å². The van der Waals surface area contributed by atoms with E-state index in [1.54, 1.807) is 24.3 Å². The lowest BCUT2D eigenvalue weighted by molar-refractivity contribution is -0.155. The molecule has 2 aromatic carbocycles. The summed E-state index contributed by atoms with van der Waals surface area (Å²) in [6.07, 6.45) is -2.20. The highest BCUT2D eigenvalue weighted by atomic mass is 16.6. The van der Waals surface area contributed by atoms with Crippen molar-refractivity contribution in [2.75, 3.05) is 7.11 Å². The Morgan fingerprint density at radius 3 is 2.10 bits per heavy atom. The molecule has 0 saturated carbocycles. The van der Waals surface area contributed by atoms with E-state index in [-0.39, 0.29) is 0 Å². The lowest BCUT2D eigenvalue weighted by atomic mass is 10.0. The number of benzene rings is 2. The van der Waals surface area contributed by atoms with Gasteiger partial charge in [-0.1, -0.05) is 48.5 Å². The maximum atomic E-state index is 11.6. The third kappa shape index (κ3) is 3.36. The first kappa shape index (κ1) is 14.1. The first-order valence-corrected chi connectivity index (χ1v) is 6.25. The zero-order valence-electron chi connectivity index (χ0n) is 11.1. The highest BCUT2D eigenvalue weighted by Crippen LogP contribution is 2.25. The van der Waals surface area contributed by atoms with Crippen molar-refractivity contribution in [3.63, 3.8) is 0 Å². The molecule has 4 nitrogen and oxygen atoms in total. The summed E-state index contributed by atoms with van der Waals surface area (Å²) < 4.78 is 10.3. The van der Waals surface area contributed by atoms with Crippen molar-refractivity contribution < 1.29 is 19.4 Å². The van der Waals surface area contributed by atoms with Crippen LogP contribution in [0.4, 0.5) is 0 Å². The van der Waals surface area contributed by atoms with E-state index in [1.807, 2.05) is 36.4 Å². The minimum absolute atomic E-state index is 0.573. The molecular formula is C16H16O4. The van der Waals surface area contributed by atoms with E-state index >= 15 is 0 Å². The van der Waals surface area contributed by atoms with Crippen molar-refractivity contribution in [3.05, 3.63) is 66.2 Å². The van der Waals surface area contributed by atoms with Crippen molar-refractivity contribution in [1.82, 2.24) is 0 Å².